The van der Waals surface area contributed by atoms with Crippen LogP contribution >= 0.6 is 12.2 Å². The van der Waals surface area contributed by atoms with Crippen LogP contribution in [-0.2, 0) is 4.79 Å². The minimum Gasteiger partial charge on any atom is -0.388 e. The number of carbonyl (C=O) groups is 1. The average Bonchev–Trinajstić information content (AvgIpc) is 2.17. The van der Waals surface area contributed by atoms with Crippen molar-refractivity contribution < 1.29 is 4.79 Å². The van der Waals surface area contributed by atoms with Crippen LogP contribution in [0.5, 0.6) is 0 Å². The molecule has 1 aromatic rings. The molecule has 5 nitrogen and oxygen atoms in total. The Bertz CT molecular complexity index is 393. The van der Waals surface area contributed by atoms with Gasteiger partial charge in [-0.3, -0.25) is 4.79 Å². The Kier molecular flexibility index (Phi) is 3.56. The van der Waals surface area contributed by atoms with Gasteiger partial charge in [-0.25, -0.2) is 4.98 Å². The first-order chi connectivity index (χ1) is 7.00. The first kappa shape index (κ1) is 11.4. The molecular formula is C9H12N4OS. The summed E-state index contributed by atoms with van der Waals surface area (Å²) in [7, 11) is 1.72. The number of rotatable bonds is 4. The molecular weight excluding hydrogens is 212 g/mol. The van der Waals surface area contributed by atoms with E-state index in [0.717, 1.165) is 0 Å². The van der Waals surface area contributed by atoms with Crippen molar-refractivity contribution in [3.63, 3.8) is 0 Å². The Balaban J connectivity index is 2.89. The second kappa shape index (κ2) is 4.70. The van der Waals surface area contributed by atoms with Gasteiger partial charge in [-0.15, -0.1) is 0 Å². The van der Waals surface area contributed by atoms with Crippen molar-refractivity contribution in [1.29, 1.82) is 0 Å². The lowest BCUT2D eigenvalue weighted by atomic mass is 10.3. The molecule has 0 fully saturated rings. The van der Waals surface area contributed by atoms with Crippen LogP contribution in [-0.4, -0.2) is 29.5 Å². The summed E-state index contributed by atoms with van der Waals surface area (Å²) in [5, 5.41) is 0. The number of likely N-dealkylation sites (N-methyl/N-ethyl adjacent to an activating group) is 1. The minimum absolute atomic E-state index is 0.105. The van der Waals surface area contributed by atoms with E-state index in [1.165, 1.54) is 0 Å². The van der Waals surface area contributed by atoms with Gasteiger partial charge in [0, 0.05) is 7.05 Å². The van der Waals surface area contributed by atoms with Gasteiger partial charge in [0.05, 0.1) is 12.2 Å². The zero-order valence-corrected chi connectivity index (χ0v) is 9.12. The van der Waals surface area contributed by atoms with E-state index in [1.54, 1.807) is 30.1 Å². The van der Waals surface area contributed by atoms with Crippen LogP contribution in [0.2, 0.25) is 0 Å². The summed E-state index contributed by atoms with van der Waals surface area (Å²) in [4.78, 5) is 16.7. The third-order valence-electron chi connectivity index (χ3n) is 1.77. The Morgan fingerprint density at radius 1 is 1.53 bits per heavy atom. The molecule has 0 aromatic carbocycles. The van der Waals surface area contributed by atoms with Gasteiger partial charge in [0.15, 0.2) is 0 Å². The number of aromatic nitrogens is 1. The van der Waals surface area contributed by atoms with Crippen LogP contribution < -0.4 is 16.4 Å². The Morgan fingerprint density at radius 3 is 2.73 bits per heavy atom. The number of pyridine rings is 1. The maximum Gasteiger partial charge on any atom is 0.236 e. The highest BCUT2D eigenvalue weighted by Crippen LogP contribution is 2.08. The second-order valence-corrected chi connectivity index (χ2v) is 3.51. The number of carbonyl (C=O) groups excluding carboxylic acids is 1. The fourth-order valence-corrected chi connectivity index (χ4v) is 1.20. The van der Waals surface area contributed by atoms with Crippen LogP contribution in [0.3, 0.4) is 0 Å². The monoisotopic (exact) mass is 224 g/mol. The first-order valence-electron chi connectivity index (χ1n) is 4.27. The number of thiocarbonyl (C=S) groups is 1. The predicted octanol–water partition coefficient (Wildman–Crippen LogP) is -0.363. The number of amides is 1. The van der Waals surface area contributed by atoms with Crippen molar-refractivity contribution in [1.82, 2.24) is 4.98 Å². The molecule has 80 valence electrons. The van der Waals surface area contributed by atoms with Crippen molar-refractivity contribution in [2.45, 2.75) is 0 Å². The fourth-order valence-electron chi connectivity index (χ4n) is 1.09. The molecule has 4 N–H and O–H groups in total. The molecule has 6 heteroatoms. The predicted molar refractivity (Wildman–Crippen MR) is 62.6 cm³/mol. The molecule has 0 radical (unpaired) electrons. The van der Waals surface area contributed by atoms with Crippen LogP contribution in [0.25, 0.3) is 0 Å². The standard InChI is InChI=1S/C9H12N4OS/c1-13(5-7(10)14)8-4-2-3-6(12-8)9(11)15/h2-4H,5H2,1H3,(H2,10,14)(H2,11,15). The summed E-state index contributed by atoms with van der Waals surface area (Å²) in [5.41, 5.74) is 11.0. The summed E-state index contributed by atoms with van der Waals surface area (Å²) in [5.74, 6) is 0.194. The lowest BCUT2D eigenvalue weighted by Crippen LogP contribution is -2.31. The lowest BCUT2D eigenvalue weighted by molar-refractivity contribution is -0.116. The maximum absolute atomic E-state index is 10.7. The lowest BCUT2D eigenvalue weighted by Gasteiger charge is -2.16. The van der Waals surface area contributed by atoms with Crippen molar-refractivity contribution in [2.24, 2.45) is 11.5 Å². The van der Waals surface area contributed by atoms with Gasteiger partial charge < -0.3 is 16.4 Å². The van der Waals surface area contributed by atoms with Crippen LogP contribution in [0.1, 0.15) is 5.69 Å². The zero-order valence-electron chi connectivity index (χ0n) is 8.30. The molecule has 0 bridgehead atoms. The van der Waals surface area contributed by atoms with E-state index in [2.05, 4.69) is 4.98 Å². The zero-order chi connectivity index (χ0) is 11.4. The van der Waals surface area contributed by atoms with Gasteiger partial charge in [0.1, 0.15) is 10.8 Å². The van der Waals surface area contributed by atoms with Gasteiger partial charge >= 0.3 is 0 Å². The van der Waals surface area contributed by atoms with Crippen molar-refractivity contribution in [3.8, 4) is 0 Å². The number of primary amides is 1. The highest BCUT2D eigenvalue weighted by Gasteiger charge is 2.06. The van der Waals surface area contributed by atoms with Crippen LogP contribution in [0.15, 0.2) is 18.2 Å². The summed E-state index contributed by atoms with van der Waals surface area (Å²) >= 11 is 4.80. The summed E-state index contributed by atoms with van der Waals surface area (Å²) in [6.07, 6.45) is 0. The van der Waals surface area contributed by atoms with Gasteiger partial charge in [0.25, 0.3) is 0 Å². The molecule has 1 aromatic heterocycles. The highest BCUT2D eigenvalue weighted by molar-refractivity contribution is 7.80. The molecule has 0 aliphatic carbocycles. The van der Waals surface area contributed by atoms with E-state index in [9.17, 15) is 4.79 Å². The van der Waals surface area contributed by atoms with E-state index in [-0.39, 0.29) is 11.5 Å². The first-order valence-corrected chi connectivity index (χ1v) is 4.68. The number of hydrogen-bond acceptors (Lipinski definition) is 4. The molecule has 1 amide bonds. The minimum atomic E-state index is -0.417. The van der Waals surface area contributed by atoms with Crippen molar-refractivity contribution in [3.05, 3.63) is 23.9 Å². The SMILES string of the molecule is CN(CC(N)=O)c1cccc(C(N)=S)n1. The number of anilines is 1. The van der Waals surface area contributed by atoms with Crippen molar-refractivity contribution in [2.75, 3.05) is 18.5 Å². The third-order valence-corrected chi connectivity index (χ3v) is 1.98. The van der Waals surface area contributed by atoms with Gasteiger partial charge in [-0.2, -0.15) is 0 Å². The molecule has 0 aliphatic heterocycles. The van der Waals surface area contributed by atoms with Gasteiger partial charge in [-0.05, 0) is 12.1 Å². The molecule has 0 aliphatic rings. The van der Waals surface area contributed by atoms with Crippen LogP contribution in [0, 0.1) is 0 Å². The normalized spacial score (nSPS) is 9.67. The van der Waals surface area contributed by atoms with E-state index in [1.807, 2.05) is 0 Å². The summed E-state index contributed by atoms with van der Waals surface area (Å²) in [6.45, 7) is 0.105. The number of hydrogen-bond donors (Lipinski definition) is 2. The molecule has 1 rings (SSSR count). The quantitative estimate of drug-likeness (QED) is 0.682. The average molecular weight is 224 g/mol. The molecule has 0 saturated heterocycles. The maximum atomic E-state index is 10.7. The molecule has 0 saturated carbocycles. The number of nitrogens with zero attached hydrogens (tertiary/aromatic N) is 2. The van der Waals surface area contributed by atoms with E-state index in [0.29, 0.717) is 11.5 Å². The van der Waals surface area contributed by atoms with E-state index in [4.69, 9.17) is 23.7 Å². The molecule has 0 unspecified atom stereocenters. The van der Waals surface area contributed by atoms with Gasteiger partial charge in [0.2, 0.25) is 5.91 Å². The molecule has 15 heavy (non-hydrogen) atoms. The Morgan fingerprint density at radius 2 is 2.20 bits per heavy atom. The highest BCUT2D eigenvalue weighted by atomic mass is 32.1. The molecule has 0 atom stereocenters. The Hall–Kier alpha value is -1.69. The summed E-state index contributed by atoms with van der Waals surface area (Å²) < 4.78 is 0. The Labute approximate surface area is 93.1 Å². The van der Waals surface area contributed by atoms with E-state index < -0.39 is 5.91 Å². The molecule has 0 spiro atoms. The topological polar surface area (TPSA) is 85.2 Å². The smallest absolute Gasteiger partial charge is 0.236 e. The van der Waals surface area contributed by atoms with E-state index >= 15 is 0 Å². The number of nitrogens with two attached hydrogens (primary N) is 2. The molecule has 1 heterocycles. The third kappa shape index (κ3) is 3.17. The van der Waals surface area contributed by atoms with Crippen LogP contribution in [0.4, 0.5) is 5.82 Å². The van der Waals surface area contributed by atoms with Gasteiger partial charge in [-0.1, -0.05) is 18.3 Å². The largest absolute Gasteiger partial charge is 0.388 e. The van der Waals surface area contributed by atoms with Crippen molar-refractivity contribution >= 4 is 28.9 Å². The summed E-state index contributed by atoms with van der Waals surface area (Å²) in [6, 6.07) is 5.24. The fraction of sp³-hybridized carbons (Fsp3) is 0.222. The second-order valence-electron chi connectivity index (χ2n) is 3.07.